The fourth-order valence-corrected chi connectivity index (χ4v) is 3.74. The van der Waals surface area contributed by atoms with Crippen molar-refractivity contribution in [1.82, 2.24) is 14.8 Å². The first-order valence-electron chi connectivity index (χ1n) is 9.22. The minimum Gasteiger partial charge on any atom is -0.383 e. The molecule has 136 valence electrons. The van der Waals surface area contributed by atoms with E-state index in [0.29, 0.717) is 12.3 Å². The van der Waals surface area contributed by atoms with Crippen molar-refractivity contribution in [1.29, 1.82) is 0 Å². The summed E-state index contributed by atoms with van der Waals surface area (Å²) >= 11 is 0. The van der Waals surface area contributed by atoms with Crippen LogP contribution in [0.4, 0.5) is 5.69 Å². The Morgan fingerprint density at radius 2 is 2.15 bits per heavy atom. The van der Waals surface area contributed by atoms with E-state index < -0.39 is 0 Å². The maximum absolute atomic E-state index is 12.9. The van der Waals surface area contributed by atoms with Crippen LogP contribution in [0.5, 0.6) is 0 Å². The normalized spacial score (nSPS) is 14.2. The summed E-state index contributed by atoms with van der Waals surface area (Å²) in [4.78, 5) is 12.9. The Bertz CT molecular complexity index is 925. The molecule has 0 aliphatic heterocycles. The number of nitrogens with zero attached hydrogens (tertiary/aromatic N) is 2. The standard InChI is InChI=1S/C20H24N4O2/c1-26-13-12-24-11-10-14-16(8-5-9-18(14)24)21-20(25)19-15-6-3-2-4-7-17(15)22-23-19/h5,8-11H,2-4,6-7,12-13H2,1H3,(H,21,25)(H,22,23). The zero-order valence-electron chi connectivity index (χ0n) is 15.0. The lowest BCUT2D eigenvalue weighted by atomic mass is 10.1. The molecule has 3 aromatic rings. The zero-order chi connectivity index (χ0) is 17.9. The molecule has 2 N–H and O–H groups in total. The van der Waals surface area contributed by atoms with Crippen molar-refractivity contribution >= 4 is 22.5 Å². The van der Waals surface area contributed by atoms with Crippen molar-refractivity contribution in [3.05, 3.63) is 47.4 Å². The number of amides is 1. The number of carbonyl (C=O) groups excluding carboxylic acids is 1. The molecule has 1 aromatic carbocycles. The number of aromatic nitrogens is 3. The Morgan fingerprint density at radius 1 is 1.27 bits per heavy atom. The molecular weight excluding hydrogens is 328 g/mol. The molecule has 0 saturated carbocycles. The van der Waals surface area contributed by atoms with Gasteiger partial charge in [-0.25, -0.2) is 0 Å². The van der Waals surface area contributed by atoms with Gasteiger partial charge in [0.15, 0.2) is 5.69 Å². The van der Waals surface area contributed by atoms with E-state index in [2.05, 4.69) is 26.1 Å². The summed E-state index contributed by atoms with van der Waals surface area (Å²) in [5.41, 5.74) is 4.65. The first kappa shape index (κ1) is 16.8. The van der Waals surface area contributed by atoms with E-state index >= 15 is 0 Å². The number of aryl methyl sites for hydroxylation is 1. The van der Waals surface area contributed by atoms with Gasteiger partial charge in [-0.15, -0.1) is 0 Å². The highest BCUT2D eigenvalue weighted by Gasteiger charge is 2.21. The van der Waals surface area contributed by atoms with E-state index in [1.807, 2.05) is 24.4 Å². The number of hydrogen-bond donors (Lipinski definition) is 2. The average Bonchev–Trinajstić information content (AvgIpc) is 3.18. The molecule has 6 nitrogen and oxygen atoms in total. The highest BCUT2D eigenvalue weighted by molar-refractivity contribution is 6.08. The van der Waals surface area contributed by atoms with Crippen LogP contribution in [0, 0.1) is 0 Å². The van der Waals surface area contributed by atoms with Gasteiger partial charge in [0.25, 0.3) is 5.91 Å². The maximum atomic E-state index is 12.9. The number of anilines is 1. The number of ether oxygens (including phenoxy) is 1. The summed E-state index contributed by atoms with van der Waals surface area (Å²) in [5.74, 6) is -0.137. The highest BCUT2D eigenvalue weighted by Crippen LogP contribution is 2.26. The molecule has 0 fully saturated rings. The van der Waals surface area contributed by atoms with Gasteiger partial charge in [-0.3, -0.25) is 9.89 Å². The number of aromatic amines is 1. The quantitative estimate of drug-likeness (QED) is 0.690. The van der Waals surface area contributed by atoms with Gasteiger partial charge in [0, 0.05) is 36.5 Å². The van der Waals surface area contributed by atoms with Gasteiger partial charge in [0.05, 0.1) is 17.8 Å². The smallest absolute Gasteiger partial charge is 0.276 e. The SMILES string of the molecule is COCCn1ccc2c(NC(=O)c3n[nH]c4c3CCCCC4)cccc21. The van der Waals surface area contributed by atoms with E-state index in [1.54, 1.807) is 7.11 Å². The van der Waals surface area contributed by atoms with Gasteiger partial charge in [-0.1, -0.05) is 12.5 Å². The predicted molar refractivity (Wildman–Crippen MR) is 102 cm³/mol. The van der Waals surface area contributed by atoms with Gasteiger partial charge >= 0.3 is 0 Å². The number of methoxy groups -OCH3 is 1. The number of carbonyl (C=O) groups is 1. The molecule has 6 heteroatoms. The minimum atomic E-state index is -0.137. The molecule has 0 unspecified atom stereocenters. The molecule has 2 aromatic heterocycles. The molecule has 0 saturated heterocycles. The minimum absolute atomic E-state index is 0.137. The van der Waals surface area contributed by atoms with Crippen molar-refractivity contribution in [3.8, 4) is 0 Å². The van der Waals surface area contributed by atoms with Gasteiger partial charge in [-0.2, -0.15) is 5.10 Å². The molecule has 0 bridgehead atoms. The van der Waals surface area contributed by atoms with Crippen LogP contribution in [0.2, 0.25) is 0 Å². The van der Waals surface area contributed by atoms with Crippen molar-refractivity contribution in [3.63, 3.8) is 0 Å². The lowest BCUT2D eigenvalue weighted by Crippen LogP contribution is -2.15. The number of fused-ring (bicyclic) bond motifs is 2. The topological polar surface area (TPSA) is 71.9 Å². The molecule has 0 radical (unpaired) electrons. The fourth-order valence-electron chi connectivity index (χ4n) is 3.74. The molecule has 1 aliphatic rings. The lowest BCUT2D eigenvalue weighted by Gasteiger charge is -2.08. The monoisotopic (exact) mass is 352 g/mol. The molecular formula is C20H24N4O2. The van der Waals surface area contributed by atoms with Gasteiger partial charge in [0.1, 0.15) is 0 Å². The summed E-state index contributed by atoms with van der Waals surface area (Å²) in [5, 5.41) is 11.5. The second kappa shape index (κ2) is 7.33. The van der Waals surface area contributed by atoms with E-state index in [1.165, 1.54) is 6.42 Å². The summed E-state index contributed by atoms with van der Waals surface area (Å²) in [7, 11) is 1.70. The maximum Gasteiger partial charge on any atom is 0.276 e. The summed E-state index contributed by atoms with van der Waals surface area (Å²) < 4.78 is 7.30. The molecule has 26 heavy (non-hydrogen) atoms. The van der Waals surface area contributed by atoms with Gasteiger partial charge < -0.3 is 14.6 Å². The molecule has 4 rings (SSSR count). The van der Waals surface area contributed by atoms with Crippen LogP contribution in [0.3, 0.4) is 0 Å². The van der Waals surface area contributed by atoms with Crippen LogP contribution >= 0.6 is 0 Å². The van der Waals surface area contributed by atoms with Crippen LogP contribution in [0.1, 0.15) is 41.0 Å². The van der Waals surface area contributed by atoms with Gasteiger partial charge in [0.2, 0.25) is 0 Å². The van der Waals surface area contributed by atoms with Crippen LogP contribution in [-0.4, -0.2) is 34.4 Å². The Hall–Kier alpha value is -2.60. The Morgan fingerprint density at radius 3 is 3.04 bits per heavy atom. The largest absolute Gasteiger partial charge is 0.383 e. The first-order chi connectivity index (χ1) is 12.8. The predicted octanol–water partition coefficient (Wildman–Crippen LogP) is 3.53. The summed E-state index contributed by atoms with van der Waals surface area (Å²) in [6.45, 7) is 1.43. The number of hydrogen-bond acceptors (Lipinski definition) is 3. The zero-order valence-corrected chi connectivity index (χ0v) is 15.0. The number of benzene rings is 1. The number of rotatable bonds is 5. The summed E-state index contributed by atoms with van der Waals surface area (Å²) in [6.07, 6.45) is 7.41. The molecule has 1 aliphatic carbocycles. The Labute approximate surface area is 152 Å². The molecule has 0 spiro atoms. The van der Waals surface area contributed by atoms with E-state index in [9.17, 15) is 4.79 Å². The third-order valence-electron chi connectivity index (χ3n) is 5.12. The molecule has 1 amide bonds. The third kappa shape index (κ3) is 3.12. The Kier molecular flexibility index (Phi) is 4.75. The van der Waals surface area contributed by atoms with Crippen molar-refractivity contribution in [2.24, 2.45) is 0 Å². The first-order valence-corrected chi connectivity index (χ1v) is 9.22. The van der Waals surface area contributed by atoms with E-state index in [0.717, 1.165) is 60.1 Å². The number of H-pyrrole nitrogens is 1. The fraction of sp³-hybridized carbons (Fsp3) is 0.400. The molecule has 2 heterocycles. The molecule has 0 atom stereocenters. The summed E-state index contributed by atoms with van der Waals surface area (Å²) in [6, 6.07) is 7.99. The van der Waals surface area contributed by atoms with Crippen LogP contribution in [0.25, 0.3) is 10.9 Å². The lowest BCUT2D eigenvalue weighted by molar-refractivity contribution is 0.102. The average molecular weight is 352 g/mol. The van der Waals surface area contributed by atoms with Crippen LogP contribution < -0.4 is 5.32 Å². The van der Waals surface area contributed by atoms with Crippen molar-refractivity contribution in [2.45, 2.75) is 38.6 Å². The van der Waals surface area contributed by atoms with Crippen LogP contribution in [-0.2, 0) is 24.1 Å². The third-order valence-corrected chi connectivity index (χ3v) is 5.12. The highest BCUT2D eigenvalue weighted by atomic mass is 16.5. The second-order valence-corrected chi connectivity index (χ2v) is 6.78. The van der Waals surface area contributed by atoms with Crippen molar-refractivity contribution in [2.75, 3.05) is 19.0 Å². The van der Waals surface area contributed by atoms with E-state index in [-0.39, 0.29) is 5.91 Å². The second-order valence-electron chi connectivity index (χ2n) is 6.78. The number of nitrogens with one attached hydrogen (secondary N) is 2. The Balaban J connectivity index is 1.60. The van der Waals surface area contributed by atoms with Crippen LogP contribution in [0.15, 0.2) is 30.5 Å². The van der Waals surface area contributed by atoms with Crippen molar-refractivity contribution < 1.29 is 9.53 Å². The van der Waals surface area contributed by atoms with Gasteiger partial charge in [-0.05, 0) is 43.9 Å². The van der Waals surface area contributed by atoms with E-state index in [4.69, 9.17) is 4.74 Å².